The van der Waals surface area contributed by atoms with Crippen molar-refractivity contribution in [2.45, 2.75) is 13.8 Å². The zero-order chi connectivity index (χ0) is 9.97. The number of fused-ring (bicyclic) bond motifs is 1. The van der Waals surface area contributed by atoms with E-state index in [0.717, 1.165) is 32.0 Å². The predicted molar refractivity (Wildman–Crippen MR) is 60.0 cm³/mol. The number of hydrogen-bond acceptors (Lipinski definition) is 3. The summed E-state index contributed by atoms with van der Waals surface area (Å²) in [6, 6.07) is 4.17. The maximum Gasteiger partial charge on any atom is 0.152 e. The predicted octanol–water partition coefficient (Wildman–Crippen LogP) is 1.75. The van der Waals surface area contributed by atoms with Gasteiger partial charge in [0, 0.05) is 32.4 Å². The van der Waals surface area contributed by atoms with Gasteiger partial charge in [-0.25, -0.2) is 4.98 Å². The maximum absolute atomic E-state index is 4.45. The molecule has 3 nitrogen and oxygen atoms in total. The third-order valence-corrected chi connectivity index (χ3v) is 2.81. The van der Waals surface area contributed by atoms with Crippen LogP contribution in [-0.4, -0.2) is 31.2 Å². The zero-order valence-corrected chi connectivity index (χ0v) is 8.90. The summed E-state index contributed by atoms with van der Waals surface area (Å²) in [4.78, 5) is 9.17. The zero-order valence-electron chi connectivity index (χ0n) is 8.90. The lowest BCUT2D eigenvalue weighted by atomic mass is 10.2. The molecule has 0 fully saturated rings. The second-order valence-electron chi connectivity index (χ2n) is 3.51. The lowest BCUT2D eigenvalue weighted by molar-refractivity contribution is 0.711. The van der Waals surface area contributed by atoms with Crippen LogP contribution in [0.2, 0.25) is 0 Å². The van der Waals surface area contributed by atoms with Crippen molar-refractivity contribution in [2.24, 2.45) is 0 Å². The Balaban J connectivity index is 2.38. The normalized spacial score (nSPS) is 15.6. The Morgan fingerprint density at radius 3 is 2.64 bits per heavy atom. The van der Waals surface area contributed by atoms with E-state index in [1.54, 1.807) is 0 Å². The Morgan fingerprint density at radius 1 is 1.21 bits per heavy atom. The van der Waals surface area contributed by atoms with Crippen molar-refractivity contribution in [3.63, 3.8) is 0 Å². The molecule has 0 saturated carbocycles. The van der Waals surface area contributed by atoms with Gasteiger partial charge in [0.25, 0.3) is 0 Å². The molecule has 0 spiro atoms. The van der Waals surface area contributed by atoms with Gasteiger partial charge < -0.3 is 9.80 Å². The van der Waals surface area contributed by atoms with Crippen molar-refractivity contribution in [3.05, 3.63) is 18.3 Å². The topological polar surface area (TPSA) is 19.4 Å². The van der Waals surface area contributed by atoms with Gasteiger partial charge in [0.05, 0.1) is 5.69 Å². The highest BCUT2D eigenvalue weighted by Crippen LogP contribution is 2.29. The molecule has 0 aliphatic carbocycles. The number of rotatable bonds is 2. The van der Waals surface area contributed by atoms with E-state index < -0.39 is 0 Å². The van der Waals surface area contributed by atoms with Crippen LogP contribution in [0.1, 0.15) is 13.8 Å². The van der Waals surface area contributed by atoms with Crippen molar-refractivity contribution in [1.29, 1.82) is 0 Å². The van der Waals surface area contributed by atoms with Gasteiger partial charge in [0.15, 0.2) is 5.82 Å². The summed E-state index contributed by atoms with van der Waals surface area (Å²) in [6.45, 7) is 8.69. The number of hydrogen-bond donors (Lipinski definition) is 0. The Bertz CT molecular complexity index is 280. The molecule has 0 radical (unpaired) electrons. The number of pyridine rings is 1. The fourth-order valence-corrected chi connectivity index (χ4v) is 1.98. The van der Waals surface area contributed by atoms with E-state index in [1.807, 2.05) is 12.3 Å². The molecule has 76 valence electrons. The van der Waals surface area contributed by atoms with Crippen molar-refractivity contribution in [3.8, 4) is 0 Å². The molecular weight excluding hydrogens is 174 g/mol. The largest absolute Gasteiger partial charge is 0.367 e. The molecule has 0 bridgehead atoms. The fraction of sp³-hybridized carbons (Fsp3) is 0.545. The third-order valence-electron chi connectivity index (χ3n) is 2.81. The molecule has 0 aromatic carbocycles. The molecule has 0 unspecified atom stereocenters. The van der Waals surface area contributed by atoms with E-state index in [4.69, 9.17) is 0 Å². The SMILES string of the molecule is CCN1CCN(CC)c2ncccc21. The van der Waals surface area contributed by atoms with E-state index in [-0.39, 0.29) is 0 Å². The van der Waals surface area contributed by atoms with E-state index in [0.29, 0.717) is 0 Å². The summed E-state index contributed by atoms with van der Waals surface area (Å²) in [5.41, 5.74) is 1.28. The van der Waals surface area contributed by atoms with Gasteiger partial charge in [0.1, 0.15) is 0 Å². The molecule has 0 saturated heterocycles. The van der Waals surface area contributed by atoms with Crippen LogP contribution in [0, 0.1) is 0 Å². The highest BCUT2D eigenvalue weighted by molar-refractivity contribution is 5.69. The highest BCUT2D eigenvalue weighted by atomic mass is 15.3. The molecule has 0 N–H and O–H groups in total. The molecule has 14 heavy (non-hydrogen) atoms. The van der Waals surface area contributed by atoms with Gasteiger partial charge >= 0.3 is 0 Å². The molecule has 3 heteroatoms. The molecule has 1 aliphatic rings. The number of anilines is 2. The lowest BCUT2D eigenvalue weighted by Crippen LogP contribution is -2.41. The first-order valence-corrected chi connectivity index (χ1v) is 5.31. The second kappa shape index (κ2) is 3.86. The summed E-state index contributed by atoms with van der Waals surface area (Å²) < 4.78 is 0. The van der Waals surface area contributed by atoms with Crippen molar-refractivity contribution >= 4 is 11.5 Å². The summed E-state index contributed by atoms with van der Waals surface area (Å²) in [6.07, 6.45) is 1.88. The maximum atomic E-state index is 4.45. The quantitative estimate of drug-likeness (QED) is 0.710. The minimum Gasteiger partial charge on any atom is -0.367 e. The van der Waals surface area contributed by atoms with Crippen LogP contribution < -0.4 is 9.80 Å². The number of nitrogens with zero attached hydrogens (tertiary/aromatic N) is 3. The second-order valence-corrected chi connectivity index (χ2v) is 3.51. The van der Waals surface area contributed by atoms with Crippen LogP contribution in [-0.2, 0) is 0 Å². The van der Waals surface area contributed by atoms with E-state index in [9.17, 15) is 0 Å². The van der Waals surface area contributed by atoms with E-state index >= 15 is 0 Å². The summed E-state index contributed by atoms with van der Waals surface area (Å²) in [5.74, 6) is 1.14. The van der Waals surface area contributed by atoms with Gasteiger partial charge in [-0.2, -0.15) is 0 Å². The average Bonchev–Trinajstić information content (AvgIpc) is 2.27. The van der Waals surface area contributed by atoms with Gasteiger partial charge in [-0.3, -0.25) is 0 Å². The molecule has 0 amide bonds. The molecule has 1 aromatic heterocycles. The van der Waals surface area contributed by atoms with Gasteiger partial charge in [0.2, 0.25) is 0 Å². The van der Waals surface area contributed by atoms with E-state index in [2.05, 4.69) is 34.7 Å². The summed E-state index contributed by atoms with van der Waals surface area (Å²) in [7, 11) is 0. The molecule has 1 aromatic rings. The van der Waals surface area contributed by atoms with Gasteiger partial charge in [-0.1, -0.05) is 0 Å². The Labute approximate surface area is 85.4 Å². The Morgan fingerprint density at radius 2 is 1.93 bits per heavy atom. The smallest absolute Gasteiger partial charge is 0.152 e. The third kappa shape index (κ3) is 1.43. The monoisotopic (exact) mass is 191 g/mol. The Hall–Kier alpha value is -1.25. The first kappa shape index (κ1) is 9.31. The first-order chi connectivity index (χ1) is 6.86. The van der Waals surface area contributed by atoms with Crippen LogP contribution in [0.3, 0.4) is 0 Å². The minimum absolute atomic E-state index is 1.04. The highest BCUT2D eigenvalue weighted by Gasteiger charge is 2.20. The standard InChI is InChI=1S/C11H17N3/c1-3-13-8-9-14(4-2)11-10(13)6-5-7-12-11/h5-7H,3-4,8-9H2,1-2H3. The summed E-state index contributed by atoms with van der Waals surface area (Å²) >= 11 is 0. The molecular formula is C11H17N3. The average molecular weight is 191 g/mol. The number of aromatic nitrogens is 1. The van der Waals surface area contributed by atoms with Gasteiger partial charge in [-0.15, -0.1) is 0 Å². The number of likely N-dealkylation sites (N-methyl/N-ethyl adjacent to an activating group) is 2. The fourth-order valence-electron chi connectivity index (χ4n) is 1.98. The molecule has 2 rings (SSSR count). The van der Waals surface area contributed by atoms with Crippen molar-refractivity contribution < 1.29 is 0 Å². The van der Waals surface area contributed by atoms with Crippen LogP contribution >= 0.6 is 0 Å². The lowest BCUT2D eigenvalue weighted by Gasteiger charge is -2.36. The van der Waals surface area contributed by atoms with Gasteiger partial charge in [-0.05, 0) is 26.0 Å². The molecule has 0 atom stereocenters. The van der Waals surface area contributed by atoms with Crippen LogP contribution in [0.4, 0.5) is 11.5 Å². The minimum atomic E-state index is 1.04. The van der Waals surface area contributed by atoms with E-state index in [1.165, 1.54) is 5.69 Å². The molecule has 1 aliphatic heterocycles. The summed E-state index contributed by atoms with van der Waals surface area (Å²) in [5, 5.41) is 0. The van der Waals surface area contributed by atoms with Crippen molar-refractivity contribution in [1.82, 2.24) is 4.98 Å². The Kier molecular flexibility index (Phi) is 2.57. The molecule has 2 heterocycles. The van der Waals surface area contributed by atoms with Crippen molar-refractivity contribution in [2.75, 3.05) is 36.0 Å². The van der Waals surface area contributed by atoms with Crippen LogP contribution in [0.5, 0.6) is 0 Å². The van der Waals surface area contributed by atoms with Crippen LogP contribution in [0.25, 0.3) is 0 Å². The van der Waals surface area contributed by atoms with Crippen LogP contribution in [0.15, 0.2) is 18.3 Å². The first-order valence-electron chi connectivity index (χ1n) is 5.31.